The van der Waals surface area contributed by atoms with Crippen molar-refractivity contribution in [3.63, 3.8) is 0 Å². The van der Waals surface area contributed by atoms with Crippen LogP contribution < -0.4 is 0 Å². The van der Waals surface area contributed by atoms with Gasteiger partial charge in [-0.05, 0) is 53.9 Å². The highest BCUT2D eigenvalue weighted by atomic mass is 16.4. The van der Waals surface area contributed by atoms with Gasteiger partial charge in [0.1, 0.15) is 0 Å². The molecule has 1 aliphatic rings. The first-order valence-corrected chi connectivity index (χ1v) is 6.29. The lowest BCUT2D eigenvalue weighted by Crippen LogP contribution is -2.32. The molecule has 1 N–H and O–H groups in total. The Bertz CT molecular complexity index is 460. The van der Waals surface area contributed by atoms with E-state index < -0.39 is 0 Å². The number of nitrogens with zero attached hydrogens (tertiary/aromatic N) is 1. The monoisotopic (exact) mass is 231 g/mol. The van der Waals surface area contributed by atoms with Gasteiger partial charge in [0, 0.05) is 0 Å². The summed E-state index contributed by atoms with van der Waals surface area (Å²) in [6.07, 6.45) is 2.37. The lowest BCUT2D eigenvalue weighted by Gasteiger charge is -2.38. The quantitative estimate of drug-likeness (QED) is 0.445. The summed E-state index contributed by atoms with van der Waals surface area (Å²) in [4.78, 5) is 0. The fraction of sp³-hybridized carbons (Fsp3) is 0.533. The van der Waals surface area contributed by atoms with E-state index in [1.807, 2.05) is 6.92 Å². The van der Waals surface area contributed by atoms with Crippen molar-refractivity contribution in [1.82, 2.24) is 0 Å². The molecule has 2 nitrogen and oxygen atoms in total. The van der Waals surface area contributed by atoms with Crippen molar-refractivity contribution < 1.29 is 5.21 Å². The van der Waals surface area contributed by atoms with Gasteiger partial charge in [-0.2, -0.15) is 0 Å². The van der Waals surface area contributed by atoms with Crippen molar-refractivity contribution in [2.24, 2.45) is 11.1 Å². The van der Waals surface area contributed by atoms with E-state index in [2.05, 4.69) is 44.1 Å². The molecular formula is C15H21NO. The first-order valence-electron chi connectivity index (χ1n) is 6.29. The highest BCUT2D eigenvalue weighted by molar-refractivity contribution is 5.98. The van der Waals surface area contributed by atoms with Crippen LogP contribution in [-0.4, -0.2) is 10.9 Å². The smallest absolute Gasteiger partial charge is 0.0837 e. The summed E-state index contributed by atoms with van der Waals surface area (Å²) in [6.45, 7) is 8.81. The van der Waals surface area contributed by atoms with Gasteiger partial charge in [0.25, 0.3) is 0 Å². The SMILES string of the molecule is C/C(=N\O)c1ccc2c(c1)CCC(C)C2(C)C. The maximum atomic E-state index is 8.82. The first-order chi connectivity index (χ1) is 7.96. The molecule has 92 valence electrons. The maximum Gasteiger partial charge on any atom is 0.0837 e. The first kappa shape index (κ1) is 12.2. The fourth-order valence-corrected chi connectivity index (χ4v) is 2.71. The molecule has 0 heterocycles. The number of rotatable bonds is 1. The van der Waals surface area contributed by atoms with Crippen molar-refractivity contribution in [1.29, 1.82) is 0 Å². The van der Waals surface area contributed by atoms with Crippen LogP contribution in [0.5, 0.6) is 0 Å². The summed E-state index contributed by atoms with van der Waals surface area (Å²) in [5.41, 5.74) is 4.82. The van der Waals surface area contributed by atoms with E-state index in [4.69, 9.17) is 5.21 Å². The van der Waals surface area contributed by atoms with Crippen molar-refractivity contribution in [3.05, 3.63) is 34.9 Å². The molecule has 2 heteroatoms. The van der Waals surface area contributed by atoms with Crippen LogP contribution in [0.2, 0.25) is 0 Å². The molecule has 1 unspecified atom stereocenters. The Labute approximate surface area is 103 Å². The Kier molecular flexibility index (Phi) is 2.98. The second kappa shape index (κ2) is 4.17. The molecule has 0 amide bonds. The molecule has 1 aromatic rings. The molecule has 0 saturated heterocycles. The minimum atomic E-state index is 0.246. The topological polar surface area (TPSA) is 32.6 Å². The standard InChI is InChI=1S/C15H21NO/c1-10-5-6-13-9-12(11(2)16-17)7-8-14(13)15(10,3)4/h7-10,17H,5-6H2,1-4H3/b16-11+. The molecule has 0 aromatic heterocycles. The zero-order valence-corrected chi connectivity index (χ0v) is 11.1. The maximum absolute atomic E-state index is 8.82. The van der Waals surface area contributed by atoms with Crippen LogP contribution in [0.3, 0.4) is 0 Å². The molecule has 1 aliphatic carbocycles. The van der Waals surface area contributed by atoms with Crippen molar-refractivity contribution in [2.45, 2.75) is 46.0 Å². The van der Waals surface area contributed by atoms with Crippen LogP contribution in [0.4, 0.5) is 0 Å². The number of hydrogen-bond acceptors (Lipinski definition) is 2. The minimum Gasteiger partial charge on any atom is -0.411 e. The van der Waals surface area contributed by atoms with E-state index in [9.17, 15) is 0 Å². The Hall–Kier alpha value is -1.31. The van der Waals surface area contributed by atoms with Crippen LogP contribution in [-0.2, 0) is 11.8 Å². The molecule has 1 atom stereocenters. The van der Waals surface area contributed by atoms with Gasteiger partial charge < -0.3 is 5.21 Å². The molecule has 0 spiro atoms. The van der Waals surface area contributed by atoms with E-state index in [1.54, 1.807) is 0 Å². The second-order valence-electron chi connectivity index (χ2n) is 5.72. The van der Waals surface area contributed by atoms with Gasteiger partial charge in [-0.3, -0.25) is 0 Å². The molecule has 1 aromatic carbocycles. The van der Waals surface area contributed by atoms with Gasteiger partial charge >= 0.3 is 0 Å². The van der Waals surface area contributed by atoms with Crippen LogP contribution in [0, 0.1) is 5.92 Å². The summed E-state index contributed by atoms with van der Waals surface area (Å²) in [7, 11) is 0. The van der Waals surface area contributed by atoms with Gasteiger partial charge in [-0.15, -0.1) is 0 Å². The normalized spacial score (nSPS) is 23.3. The van der Waals surface area contributed by atoms with E-state index in [0.717, 1.165) is 12.0 Å². The molecule has 0 bridgehead atoms. The van der Waals surface area contributed by atoms with Gasteiger partial charge in [0.05, 0.1) is 5.71 Å². The lowest BCUT2D eigenvalue weighted by molar-refractivity contribution is 0.302. The third-order valence-corrected chi connectivity index (χ3v) is 4.45. The molecule has 17 heavy (non-hydrogen) atoms. The van der Waals surface area contributed by atoms with Gasteiger partial charge in [-0.1, -0.05) is 38.1 Å². The van der Waals surface area contributed by atoms with Gasteiger partial charge in [0.15, 0.2) is 0 Å². The van der Waals surface area contributed by atoms with Crippen molar-refractivity contribution in [2.75, 3.05) is 0 Å². The average Bonchev–Trinajstić information content (AvgIpc) is 2.33. The predicted molar refractivity (Wildman–Crippen MR) is 71.0 cm³/mol. The van der Waals surface area contributed by atoms with Gasteiger partial charge in [-0.25, -0.2) is 0 Å². The average molecular weight is 231 g/mol. The number of benzene rings is 1. The van der Waals surface area contributed by atoms with Crippen molar-refractivity contribution in [3.8, 4) is 0 Å². The van der Waals surface area contributed by atoms with Crippen LogP contribution in [0.25, 0.3) is 0 Å². The van der Waals surface area contributed by atoms with E-state index in [1.165, 1.54) is 17.5 Å². The Morgan fingerprint density at radius 2 is 2.12 bits per heavy atom. The summed E-state index contributed by atoms with van der Waals surface area (Å²) in [5, 5.41) is 12.1. The summed E-state index contributed by atoms with van der Waals surface area (Å²) >= 11 is 0. The van der Waals surface area contributed by atoms with E-state index in [0.29, 0.717) is 11.6 Å². The number of aryl methyl sites for hydroxylation is 1. The molecule has 0 saturated carbocycles. The van der Waals surface area contributed by atoms with E-state index in [-0.39, 0.29) is 5.41 Å². The zero-order chi connectivity index (χ0) is 12.6. The fourth-order valence-electron chi connectivity index (χ4n) is 2.71. The van der Waals surface area contributed by atoms with Crippen molar-refractivity contribution >= 4 is 5.71 Å². The van der Waals surface area contributed by atoms with Crippen LogP contribution in [0.1, 0.15) is 50.8 Å². The Morgan fingerprint density at radius 3 is 2.76 bits per heavy atom. The molecule has 0 fully saturated rings. The van der Waals surface area contributed by atoms with Gasteiger partial charge in [0.2, 0.25) is 0 Å². The summed E-state index contributed by atoms with van der Waals surface area (Å²) < 4.78 is 0. The molecule has 0 radical (unpaired) electrons. The van der Waals surface area contributed by atoms with E-state index >= 15 is 0 Å². The third kappa shape index (κ3) is 1.97. The highest BCUT2D eigenvalue weighted by Crippen LogP contribution is 2.41. The molecular weight excluding hydrogens is 210 g/mol. The predicted octanol–water partition coefficient (Wildman–Crippen LogP) is 3.74. The number of oxime groups is 1. The summed E-state index contributed by atoms with van der Waals surface area (Å²) in [6, 6.07) is 6.45. The minimum absolute atomic E-state index is 0.246. The van der Waals surface area contributed by atoms with Crippen LogP contribution >= 0.6 is 0 Å². The third-order valence-electron chi connectivity index (χ3n) is 4.45. The largest absolute Gasteiger partial charge is 0.411 e. The zero-order valence-electron chi connectivity index (χ0n) is 11.1. The molecule has 0 aliphatic heterocycles. The Morgan fingerprint density at radius 1 is 1.41 bits per heavy atom. The highest BCUT2D eigenvalue weighted by Gasteiger charge is 2.33. The second-order valence-corrected chi connectivity index (χ2v) is 5.72. The lowest BCUT2D eigenvalue weighted by atomic mass is 9.66. The molecule has 2 rings (SSSR count). The van der Waals surface area contributed by atoms with Crippen LogP contribution in [0.15, 0.2) is 23.4 Å². The summed E-state index contributed by atoms with van der Waals surface area (Å²) in [5.74, 6) is 0.716. The number of hydrogen-bond donors (Lipinski definition) is 1. The Balaban J connectivity index is 2.49. The number of fused-ring (bicyclic) bond motifs is 1.